The fourth-order valence-corrected chi connectivity index (χ4v) is 8.02. The molecule has 0 aromatic rings. The molecule has 3 N–H and O–H groups in total. The fourth-order valence-electron chi connectivity index (χ4n) is 7.25. The number of nitrogens with two attached hydrogens (primary N) is 1. The number of carbonyl (C=O) groups excluding carboxylic acids is 1. The van der Waals surface area contributed by atoms with Gasteiger partial charge in [0.25, 0.3) is 0 Å². The first-order valence-corrected chi connectivity index (χ1v) is 27.9. The summed E-state index contributed by atoms with van der Waals surface area (Å²) in [5.74, 6) is -0.360. The summed E-state index contributed by atoms with van der Waals surface area (Å²) in [6.07, 6.45) is 66.6. The molecule has 0 aliphatic heterocycles. The molecule has 0 saturated heterocycles. The van der Waals surface area contributed by atoms with E-state index in [9.17, 15) is 14.3 Å². The number of hydrogen-bond donors (Lipinski definition) is 2. The van der Waals surface area contributed by atoms with E-state index in [4.69, 9.17) is 24.3 Å². The molecule has 0 aliphatic carbocycles. The third-order valence-corrected chi connectivity index (χ3v) is 12.1. The Balaban J connectivity index is 3.95. The number of allylic oxidation sites excluding steroid dienone is 12. The summed E-state index contributed by atoms with van der Waals surface area (Å²) in [4.78, 5) is 22.6. The molecule has 0 rings (SSSR count). The maximum absolute atomic E-state index is 12.6. The monoisotopic (exact) mass is 918 g/mol. The quantitative estimate of drug-likeness (QED) is 0.0268. The second kappa shape index (κ2) is 51.9. The zero-order valence-corrected chi connectivity index (χ0v) is 42.4. The Bertz CT molecular complexity index is 1210. The lowest BCUT2D eigenvalue weighted by atomic mass is 10.0. The van der Waals surface area contributed by atoms with Gasteiger partial charge in [-0.15, -0.1) is 0 Å². The molecule has 8 nitrogen and oxygen atoms in total. The van der Waals surface area contributed by atoms with Crippen LogP contribution in [0, 0.1) is 0 Å². The van der Waals surface area contributed by atoms with Gasteiger partial charge in [0.1, 0.15) is 6.10 Å². The highest BCUT2D eigenvalue weighted by Crippen LogP contribution is 2.43. The van der Waals surface area contributed by atoms with Crippen LogP contribution in [0.25, 0.3) is 0 Å². The van der Waals surface area contributed by atoms with Crippen molar-refractivity contribution in [2.75, 3.05) is 33.0 Å². The molecule has 0 saturated carbocycles. The van der Waals surface area contributed by atoms with Gasteiger partial charge in [-0.05, 0) is 83.5 Å². The van der Waals surface area contributed by atoms with Gasteiger partial charge >= 0.3 is 13.8 Å². The molecular formula is C55H100NO7P. The van der Waals surface area contributed by atoms with Crippen LogP contribution in [0.2, 0.25) is 0 Å². The first-order chi connectivity index (χ1) is 31.4. The largest absolute Gasteiger partial charge is 0.472 e. The van der Waals surface area contributed by atoms with Crippen LogP contribution in [-0.2, 0) is 27.9 Å². The Hall–Kier alpha value is -2.06. The van der Waals surface area contributed by atoms with E-state index in [1.807, 2.05) is 0 Å². The second-order valence-electron chi connectivity index (χ2n) is 17.4. The molecule has 0 radical (unpaired) electrons. The van der Waals surface area contributed by atoms with Gasteiger partial charge < -0.3 is 20.1 Å². The van der Waals surface area contributed by atoms with Crippen LogP contribution in [0.4, 0.5) is 0 Å². The minimum absolute atomic E-state index is 0.0920. The van der Waals surface area contributed by atoms with E-state index >= 15 is 0 Å². The van der Waals surface area contributed by atoms with Crippen LogP contribution in [-0.4, -0.2) is 49.9 Å². The molecule has 0 amide bonds. The van der Waals surface area contributed by atoms with E-state index in [-0.39, 0.29) is 38.8 Å². The Kier molecular flexibility index (Phi) is 50.2. The third kappa shape index (κ3) is 50.9. The number of esters is 1. The van der Waals surface area contributed by atoms with Gasteiger partial charge in [0.05, 0.1) is 19.8 Å². The summed E-state index contributed by atoms with van der Waals surface area (Å²) in [6, 6.07) is 0. The minimum atomic E-state index is -4.30. The van der Waals surface area contributed by atoms with Crippen molar-refractivity contribution in [2.45, 2.75) is 238 Å². The van der Waals surface area contributed by atoms with Gasteiger partial charge in [-0.1, -0.05) is 215 Å². The lowest BCUT2D eigenvalue weighted by Crippen LogP contribution is -2.28. The molecule has 0 fully saturated rings. The van der Waals surface area contributed by atoms with Gasteiger partial charge in [0.15, 0.2) is 0 Å². The first kappa shape index (κ1) is 61.9. The topological polar surface area (TPSA) is 117 Å². The Morgan fingerprint density at radius 3 is 1.33 bits per heavy atom. The van der Waals surface area contributed by atoms with Crippen molar-refractivity contribution in [3.8, 4) is 0 Å². The van der Waals surface area contributed by atoms with Gasteiger partial charge in [0, 0.05) is 19.6 Å². The van der Waals surface area contributed by atoms with Crippen LogP contribution in [0.15, 0.2) is 72.9 Å². The highest BCUT2D eigenvalue weighted by atomic mass is 31.2. The summed E-state index contributed by atoms with van der Waals surface area (Å²) >= 11 is 0. The molecule has 2 unspecified atom stereocenters. The average molecular weight is 918 g/mol. The summed E-state index contributed by atoms with van der Waals surface area (Å²) < 4.78 is 33.6. The van der Waals surface area contributed by atoms with Gasteiger partial charge in [-0.2, -0.15) is 0 Å². The van der Waals surface area contributed by atoms with Crippen LogP contribution < -0.4 is 5.73 Å². The summed E-state index contributed by atoms with van der Waals surface area (Å²) in [5.41, 5.74) is 5.39. The van der Waals surface area contributed by atoms with Crippen molar-refractivity contribution in [3.63, 3.8) is 0 Å². The average Bonchev–Trinajstić information content (AvgIpc) is 3.29. The van der Waals surface area contributed by atoms with Gasteiger partial charge in [0.2, 0.25) is 0 Å². The predicted molar refractivity (Wildman–Crippen MR) is 275 cm³/mol. The number of ether oxygens (including phenoxy) is 2. The highest BCUT2D eigenvalue weighted by Gasteiger charge is 2.25. The highest BCUT2D eigenvalue weighted by molar-refractivity contribution is 7.47. The van der Waals surface area contributed by atoms with Crippen molar-refractivity contribution < 1.29 is 32.8 Å². The van der Waals surface area contributed by atoms with Gasteiger partial charge in [-0.25, -0.2) is 4.57 Å². The lowest BCUT2D eigenvalue weighted by Gasteiger charge is -2.20. The summed E-state index contributed by atoms with van der Waals surface area (Å²) in [7, 11) is -4.30. The molecule has 0 heterocycles. The van der Waals surface area contributed by atoms with Crippen LogP contribution in [0.5, 0.6) is 0 Å². The van der Waals surface area contributed by atoms with Gasteiger partial charge in [-0.3, -0.25) is 13.8 Å². The normalized spacial score (nSPS) is 13.9. The van der Waals surface area contributed by atoms with E-state index in [1.165, 1.54) is 141 Å². The molecule has 2 atom stereocenters. The molecule has 0 aromatic heterocycles. The zero-order valence-electron chi connectivity index (χ0n) is 41.5. The van der Waals surface area contributed by atoms with Crippen molar-refractivity contribution in [1.82, 2.24) is 0 Å². The molecule has 64 heavy (non-hydrogen) atoms. The number of phosphoric acid groups is 1. The maximum Gasteiger partial charge on any atom is 0.472 e. The number of phosphoric ester groups is 1. The Morgan fingerprint density at radius 2 is 0.875 bits per heavy atom. The minimum Gasteiger partial charge on any atom is -0.457 e. The number of carbonyl (C=O) groups is 1. The third-order valence-electron chi connectivity index (χ3n) is 11.1. The maximum atomic E-state index is 12.6. The molecule has 0 bridgehead atoms. The Morgan fingerprint density at radius 1 is 0.484 bits per heavy atom. The first-order valence-electron chi connectivity index (χ1n) is 26.4. The molecule has 9 heteroatoms. The standard InChI is InChI=1S/C55H100NO7P/c1-3-5-7-9-11-13-15-17-19-21-23-24-25-26-27-28-29-31-33-35-37-39-41-43-45-47-50-60-52-54(53-62-64(58,59)61-51-49-56)63-55(57)48-46-44-42-40-38-36-34-32-30-22-20-18-16-14-12-10-8-6-4-2/h6,8,12,14,18,20-21,23,30,32,36,38,54H,3-5,7,9-11,13,15-17,19,22,24-29,31,33-35,37,39-53,56H2,1-2H3,(H,58,59)/b8-6-,14-12-,20-18-,23-21-,32-30-,38-36-. The SMILES string of the molecule is CC/C=C\C/C=C\C/C=C\C/C=C\C/C=C\CCCCCC(=O)OC(COCCCCCCCCCCCCCCCC/C=C\CCCCCCCCCC)COP(=O)(O)OCCN. The van der Waals surface area contributed by atoms with Crippen molar-refractivity contribution in [3.05, 3.63) is 72.9 Å². The fraction of sp³-hybridized carbons (Fsp3) is 0.764. The summed E-state index contributed by atoms with van der Waals surface area (Å²) in [6.45, 7) is 4.78. The van der Waals surface area contributed by atoms with E-state index in [1.54, 1.807) is 0 Å². The van der Waals surface area contributed by atoms with E-state index in [2.05, 4.69) is 86.8 Å². The lowest BCUT2D eigenvalue weighted by molar-refractivity contribution is -0.154. The Labute approximate surface area is 395 Å². The van der Waals surface area contributed by atoms with E-state index < -0.39 is 13.9 Å². The molecule has 0 aliphatic rings. The number of unbranched alkanes of at least 4 members (excludes halogenated alkanes) is 25. The van der Waals surface area contributed by atoms with Crippen molar-refractivity contribution in [1.29, 1.82) is 0 Å². The smallest absolute Gasteiger partial charge is 0.457 e. The number of rotatable bonds is 50. The number of hydrogen-bond acceptors (Lipinski definition) is 7. The molecule has 372 valence electrons. The van der Waals surface area contributed by atoms with Crippen LogP contribution >= 0.6 is 7.82 Å². The van der Waals surface area contributed by atoms with Crippen LogP contribution in [0.3, 0.4) is 0 Å². The predicted octanol–water partition coefficient (Wildman–Crippen LogP) is 16.6. The van der Waals surface area contributed by atoms with E-state index in [0.29, 0.717) is 13.0 Å². The van der Waals surface area contributed by atoms with Crippen molar-refractivity contribution >= 4 is 13.8 Å². The van der Waals surface area contributed by atoms with Crippen molar-refractivity contribution in [2.24, 2.45) is 5.73 Å². The zero-order chi connectivity index (χ0) is 46.5. The van der Waals surface area contributed by atoms with Crippen LogP contribution in [0.1, 0.15) is 232 Å². The summed E-state index contributed by atoms with van der Waals surface area (Å²) in [5, 5.41) is 0. The molecule has 0 spiro atoms. The van der Waals surface area contributed by atoms with E-state index in [0.717, 1.165) is 64.2 Å². The second-order valence-corrected chi connectivity index (χ2v) is 18.8. The molecule has 0 aromatic carbocycles. The molecular weight excluding hydrogens is 818 g/mol.